The fraction of sp³-hybridized carbons (Fsp3) is 1.00. The first-order valence-electron chi connectivity index (χ1n) is 6.97. The summed E-state index contributed by atoms with van der Waals surface area (Å²) in [4.78, 5) is 5.03. The second kappa shape index (κ2) is 4.84. The molecule has 2 bridgehead atoms. The first-order chi connectivity index (χ1) is 8.25. The summed E-state index contributed by atoms with van der Waals surface area (Å²) in [5.74, 6) is 0. The molecule has 1 N–H and O–H groups in total. The Morgan fingerprint density at radius 1 is 1.12 bits per heavy atom. The molecule has 0 aromatic heterocycles. The smallest absolute Gasteiger partial charge is 0.0739 e. The lowest BCUT2D eigenvalue weighted by Crippen LogP contribution is -2.52. The zero-order valence-corrected chi connectivity index (χ0v) is 10.7. The van der Waals surface area contributed by atoms with Crippen LogP contribution in [0.2, 0.25) is 0 Å². The third-order valence-electron chi connectivity index (χ3n) is 4.94. The highest BCUT2D eigenvalue weighted by molar-refractivity contribution is 4.94. The Labute approximate surface area is 104 Å². The minimum atomic E-state index is -0.189. The number of aliphatic hydroxyl groups excluding tert-OH is 1. The summed E-state index contributed by atoms with van der Waals surface area (Å²) in [5, 5.41) is 10.1. The molecular formula is C13H24N2O2. The van der Waals surface area contributed by atoms with Crippen LogP contribution in [0.3, 0.4) is 0 Å². The number of hydrogen-bond donors (Lipinski definition) is 1. The summed E-state index contributed by atoms with van der Waals surface area (Å²) in [6.07, 6.45) is 4.53. The van der Waals surface area contributed by atoms with E-state index in [1.807, 2.05) is 0 Å². The second-order valence-corrected chi connectivity index (χ2v) is 5.83. The number of ether oxygens (including phenoxy) is 1. The van der Waals surface area contributed by atoms with Crippen molar-refractivity contribution in [2.45, 2.75) is 49.9 Å². The highest BCUT2D eigenvalue weighted by atomic mass is 16.5. The van der Waals surface area contributed by atoms with Gasteiger partial charge in [-0.1, -0.05) is 0 Å². The molecule has 0 radical (unpaired) electrons. The Morgan fingerprint density at radius 3 is 2.76 bits per heavy atom. The van der Waals surface area contributed by atoms with Crippen molar-refractivity contribution in [1.82, 2.24) is 9.80 Å². The lowest BCUT2D eigenvalue weighted by molar-refractivity contribution is -0.0628. The van der Waals surface area contributed by atoms with Crippen LogP contribution in [0.15, 0.2) is 0 Å². The van der Waals surface area contributed by atoms with E-state index in [0.29, 0.717) is 12.6 Å². The van der Waals surface area contributed by atoms with Gasteiger partial charge in [0, 0.05) is 31.8 Å². The largest absolute Gasteiger partial charge is 0.391 e. The van der Waals surface area contributed by atoms with E-state index in [2.05, 4.69) is 16.8 Å². The highest BCUT2D eigenvalue weighted by Gasteiger charge is 2.38. The van der Waals surface area contributed by atoms with Gasteiger partial charge in [-0.25, -0.2) is 0 Å². The lowest BCUT2D eigenvalue weighted by Gasteiger charge is -2.38. The molecule has 0 saturated carbocycles. The van der Waals surface area contributed by atoms with Gasteiger partial charge in [0.05, 0.1) is 18.8 Å². The summed E-state index contributed by atoms with van der Waals surface area (Å²) in [6.45, 7) is 3.66. The number of likely N-dealkylation sites (N-methyl/N-ethyl adjacent to an activating group) is 1. The molecule has 3 saturated heterocycles. The molecule has 0 spiro atoms. The van der Waals surface area contributed by atoms with E-state index < -0.39 is 0 Å². The Balaban J connectivity index is 1.68. The molecule has 4 nitrogen and oxygen atoms in total. The predicted octanol–water partition coefficient (Wildman–Crippen LogP) is 0.305. The van der Waals surface area contributed by atoms with Crippen LogP contribution >= 0.6 is 0 Å². The Morgan fingerprint density at radius 2 is 1.94 bits per heavy atom. The second-order valence-electron chi connectivity index (χ2n) is 5.83. The van der Waals surface area contributed by atoms with Gasteiger partial charge in [0.2, 0.25) is 0 Å². The van der Waals surface area contributed by atoms with Gasteiger partial charge in [-0.05, 0) is 32.7 Å². The maximum absolute atomic E-state index is 10.1. The number of hydrogen-bond acceptors (Lipinski definition) is 4. The molecule has 3 aliphatic rings. The summed E-state index contributed by atoms with van der Waals surface area (Å²) >= 11 is 0. The van der Waals surface area contributed by atoms with Crippen LogP contribution in [0.5, 0.6) is 0 Å². The maximum Gasteiger partial charge on any atom is 0.0739 e. The van der Waals surface area contributed by atoms with E-state index in [-0.39, 0.29) is 12.1 Å². The fourth-order valence-electron chi connectivity index (χ4n) is 3.70. The van der Waals surface area contributed by atoms with Crippen LogP contribution in [0.4, 0.5) is 0 Å². The number of rotatable bonds is 1. The number of likely N-dealkylation sites (tertiary alicyclic amines) is 1. The van der Waals surface area contributed by atoms with Crippen LogP contribution in [0.25, 0.3) is 0 Å². The van der Waals surface area contributed by atoms with Gasteiger partial charge in [0.25, 0.3) is 0 Å². The average Bonchev–Trinajstić information content (AvgIpc) is 2.55. The van der Waals surface area contributed by atoms with Crippen molar-refractivity contribution in [3.05, 3.63) is 0 Å². The van der Waals surface area contributed by atoms with Gasteiger partial charge >= 0.3 is 0 Å². The van der Waals surface area contributed by atoms with Gasteiger partial charge in [-0.15, -0.1) is 0 Å². The molecule has 98 valence electrons. The van der Waals surface area contributed by atoms with E-state index >= 15 is 0 Å². The molecule has 4 unspecified atom stereocenters. The molecule has 0 aromatic rings. The van der Waals surface area contributed by atoms with Crippen molar-refractivity contribution in [2.75, 3.05) is 33.4 Å². The van der Waals surface area contributed by atoms with E-state index in [1.165, 1.54) is 19.3 Å². The van der Waals surface area contributed by atoms with Gasteiger partial charge in [-0.2, -0.15) is 0 Å². The van der Waals surface area contributed by atoms with Crippen LogP contribution in [-0.4, -0.2) is 72.5 Å². The first-order valence-corrected chi connectivity index (χ1v) is 6.97. The summed E-state index contributed by atoms with van der Waals surface area (Å²) in [7, 11) is 2.26. The third-order valence-corrected chi connectivity index (χ3v) is 4.94. The maximum atomic E-state index is 10.1. The van der Waals surface area contributed by atoms with Crippen molar-refractivity contribution >= 4 is 0 Å². The van der Waals surface area contributed by atoms with Crippen molar-refractivity contribution < 1.29 is 9.84 Å². The minimum absolute atomic E-state index is 0.189. The normalized spacial score (nSPS) is 44.8. The Kier molecular flexibility index (Phi) is 3.39. The lowest BCUT2D eigenvalue weighted by atomic mass is 10.0. The van der Waals surface area contributed by atoms with Crippen LogP contribution in [0, 0.1) is 0 Å². The summed E-state index contributed by atoms with van der Waals surface area (Å²) in [5.41, 5.74) is 0. The fourth-order valence-corrected chi connectivity index (χ4v) is 3.70. The SMILES string of the molecule is CN1C2CCC1CN(C1COCCC1O)CC2. The van der Waals surface area contributed by atoms with Gasteiger partial charge in [0.15, 0.2) is 0 Å². The van der Waals surface area contributed by atoms with Crippen LogP contribution < -0.4 is 0 Å². The molecule has 0 aliphatic carbocycles. The first kappa shape index (κ1) is 11.9. The van der Waals surface area contributed by atoms with Gasteiger partial charge < -0.3 is 9.84 Å². The standard InChI is InChI=1S/C13H24N2O2/c1-14-10-2-3-11(14)8-15(6-4-10)12-9-17-7-5-13(12)16/h10-13,16H,2-9H2,1H3. The zero-order valence-electron chi connectivity index (χ0n) is 10.7. The molecule has 4 atom stereocenters. The molecule has 17 heavy (non-hydrogen) atoms. The van der Waals surface area contributed by atoms with E-state index in [9.17, 15) is 5.11 Å². The molecule has 3 rings (SSSR count). The number of nitrogens with zero attached hydrogens (tertiary/aromatic N) is 2. The van der Waals surface area contributed by atoms with E-state index in [4.69, 9.17) is 4.74 Å². The highest BCUT2D eigenvalue weighted by Crippen LogP contribution is 2.30. The number of aliphatic hydroxyl groups is 1. The van der Waals surface area contributed by atoms with Crippen molar-refractivity contribution in [1.29, 1.82) is 0 Å². The molecule has 3 heterocycles. The third kappa shape index (κ3) is 2.24. The van der Waals surface area contributed by atoms with Crippen molar-refractivity contribution in [3.63, 3.8) is 0 Å². The van der Waals surface area contributed by atoms with Gasteiger partial charge in [0.1, 0.15) is 0 Å². The van der Waals surface area contributed by atoms with E-state index in [0.717, 1.165) is 32.2 Å². The summed E-state index contributed by atoms with van der Waals surface area (Å²) < 4.78 is 5.54. The quantitative estimate of drug-likeness (QED) is 0.715. The average molecular weight is 240 g/mol. The Bertz CT molecular complexity index is 274. The molecular weight excluding hydrogens is 216 g/mol. The van der Waals surface area contributed by atoms with Gasteiger partial charge in [-0.3, -0.25) is 9.80 Å². The van der Waals surface area contributed by atoms with Crippen molar-refractivity contribution in [3.8, 4) is 0 Å². The monoisotopic (exact) mass is 240 g/mol. The molecule has 3 aliphatic heterocycles. The summed E-state index contributed by atoms with van der Waals surface area (Å²) in [6, 6.07) is 1.69. The van der Waals surface area contributed by atoms with Crippen LogP contribution in [-0.2, 0) is 4.74 Å². The van der Waals surface area contributed by atoms with E-state index in [1.54, 1.807) is 0 Å². The molecule has 0 amide bonds. The zero-order chi connectivity index (χ0) is 11.8. The topological polar surface area (TPSA) is 35.9 Å². The number of fused-ring (bicyclic) bond motifs is 2. The minimum Gasteiger partial charge on any atom is -0.391 e. The molecule has 3 fully saturated rings. The van der Waals surface area contributed by atoms with Crippen LogP contribution in [0.1, 0.15) is 25.7 Å². The van der Waals surface area contributed by atoms with Crippen molar-refractivity contribution in [2.24, 2.45) is 0 Å². The predicted molar refractivity (Wildman–Crippen MR) is 66.0 cm³/mol. The Hall–Kier alpha value is -0.160. The molecule has 0 aromatic carbocycles. The molecule has 4 heteroatoms.